The predicted molar refractivity (Wildman–Crippen MR) is 36.5 cm³/mol. The summed E-state index contributed by atoms with van der Waals surface area (Å²) in [5.41, 5.74) is 0.846. The summed E-state index contributed by atoms with van der Waals surface area (Å²) in [6.45, 7) is 0. The van der Waals surface area contributed by atoms with Crippen molar-refractivity contribution >= 4 is 0 Å². The van der Waals surface area contributed by atoms with Crippen LogP contribution < -0.4 is 0 Å². The molecule has 5 heteroatoms. The Kier molecular flexibility index (Phi) is 1.21. The molecule has 5 nitrogen and oxygen atoms in total. The Morgan fingerprint density at radius 2 is 2.45 bits per heavy atom. The Morgan fingerprint density at radius 1 is 1.55 bits per heavy atom. The summed E-state index contributed by atoms with van der Waals surface area (Å²) in [6.07, 6.45) is 4.67. The van der Waals surface area contributed by atoms with Crippen molar-refractivity contribution in [3.63, 3.8) is 0 Å². The molecule has 2 rings (SSSR count). The maximum Gasteiger partial charge on any atom is 0.220 e. The molecule has 0 aliphatic rings. The van der Waals surface area contributed by atoms with Gasteiger partial charge in [0, 0.05) is 7.05 Å². The highest BCUT2D eigenvalue weighted by Gasteiger charge is 2.05. The van der Waals surface area contributed by atoms with E-state index in [0.29, 0.717) is 5.82 Å². The first-order valence-electron chi connectivity index (χ1n) is 3.11. The monoisotopic (exact) mass is 150 g/mol. The fourth-order valence-corrected chi connectivity index (χ4v) is 0.856. The number of aromatic nitrogens is 4. The van der Waals surface area contributed by atoms with Crippen molar-refractivity contribution in [3.05, 3.63) is 18.9 Å². The van der Waals surface area contributed by atoms with E-state index in [1.165, 1.54) is 6.39 Å². The predicted octanol–water partition coefficient (Wildman–Crippen LogP) is 0.470. The molecule has 0 radical (unpaired) electrons. The molecule has 2 aromatic rings. The second kappa shape index (κ2) is 2.19. The number of aryl methyl sites for hydroxylation is 1. The third kappa shape index (κ3) is 0.899. The molecule has 0 aromatic carbocycles. The van der Waals surface area contributed by atoms with Gasteiger partial charge in [-0.1, -0.05) is 5.16 Å². The third-order valence-corrected chi connectivity index (χ3v) is 1.41. The molecule has 11 heavy (non-hydrogen) atoms. The van der Waals surface area contributed by atoms with Crippen LogP contribution in [0, 0.1) is 0 Å². The molecule has 0 N–H and O–H groups in total. The number of hydrogen-bond acceptors (Lipinski definition) is 4. The van der Waals surface area contributed by atoms with E-state index in [0.717, 1.165) is 5.69 Å². The van der Waals surface area contributed by atoms with E-state index in [4.69, 9.17) is 0 Å². The molecule has 2 aromatic heterocycles. The number of hydrogen-bond donors (Lipinski definition) is 0. The summed E-state index contributed by atoms with van der Waals surface area (Å²) in [5.74, 6) is 0.560. The number of rotatable bonds is 1. The lowest BCUT2D eigenvalue weighted by Crippen LogP contribution is -1.90. The minimum absolute atomic E-state index is 0.560. The van der Waals surface area contributed by atoms with Crippen LogP contribution in [-0.2, 0) is 7.05 Å². The van der Waals surface area contributed by atoms with Gasteiger partial charge in [-0.05, 0) is 0 Å². The van der Waals surface area contributed by atoms with Crippen LogP contribution in [-0.4, -0.2) is 19.7 Å². The summed E-state index contributed by atoms with van der Waals surface area (Å²) in [5, 5.41) is 3.67. The van der Waals surface area contributed by atoms with Gasteiger partial charge in [-0.15, -0.1) is 0 Å². The molecule has 0 saturated heterocycles. The Morgan fingerprint density at radius 3 is 3.00 bits per heavy atom. The average Bonchev–Trinajstić information content (AvgIpc) is 2.55. The first-order valence-corrected chi connectivity index (χ1v) is 3.11. The fraction of sp³-hybridized carbons (Fsp3) is 0.167. The van der Waals surface area contributed by atoms with Crippen LogP contribution in [0.2, 0.25) is 0 Å². The first-order chi connectivity index (χ1) is 5.38. The smallest absolute Gasteiger partial charge is 0.220 e. The van der Waals surface area contributed by atoms with Crippen molar-refractivity contribution < 1.29 is 4.52 Å². The molecule has 0 fully saturated rings. The van der Waals surface area contributed by atoms with Gasteiger partial charge in [0.05, 0.1) is 12.5 Å². The third-order valence-electron chi connectivity index (χ3n) is 1.41. The van der Waals surface area contributed by atoms with Crippen LogP contribution in [0.4, 0.5) is 0 Å². The topological polar surface area (TPSA) is 56.7 Å². The molecule has 0 aliphatic carbocycles. The van der Waals surface area contributed by atoms with Gasteiger partial charge in [0.1, 0.15) is 5.69 Å². The van der Waals surface area contributed by atoms with Gasteiger partial charge >= 0.3 is 0 Å². The quantitative estimate of drug-likeness (QED) is 0.593. The maximum absolute atomic E-state index is 4.59. The van der Waals surface area contributed by atoms with E-state index in [1.54, 1.807) is 12.5 Å². The van der Waals surface area contributed by atoms with E-state index in [9.17, 15) is 0 Å². The SMILES string of the molecule is Cn1cncc1-c1ncon1. The van der Waals surface area contributed by atoms with Crippen LogP contribution in [0.1, 0.15) is 0 Å². The molecular formula is C6H6N4O. The van der Waals surface area contributed by atoms with E-state index < -0.39 is 0 Å². The Bertz CT molecular complexity index is 337. The summed E-state index contributed by atoms with van der Waals surface area (Å²) >= 11 is 0. The Labute approximate surface area is 62.7 Å². The molecule has 0 saturated carbocycles. The van der Waals surface area contributed by atoms with Crippen molar-refractivity contribution in [1.29, 1.82) is 0 Å². The zero-order valence-corrected chi connectivity index (χ0v) is 5.93. The van der Waals surface area contributed by atoms with Crippen molar-refractivity contribution in [1.82, 2.24) is 19.7 Å². The highest BCUT2D eigenvalue weighted by atomic mass is 16.5. The standard InChI is InChI=1S/C6H6N4O/c1-10-3-7-2-5(10)6-8-4-11-9-6/h2-4H,1H3. The van der Waals surface area contributed by atoms with Gasteiger partial charge in [0.25, 0.3) is 0 Å². The van der Waals surface area contributed by atoms with Crippen LogP contribution in [0.25, 0.3) is 11.5 Å². The highest BCUT2D eigenvalue weighted by Crippen LogP contribution is 2.10. The molecular weight excluding hydrogens is 144 g/mol. The highest BCUT2D eigenvalue weighted by molar-refractivity contribution is 5.46. The summed E-state index contributed by atoms with van der Waals surface area (Å²) in [6, 6.07) is 0. The zero-order valence-electron chi connectivity index (χ0n) is 5.93. The van der Waals surface area contributed by atoms with Crippen LogP contribution in [0.3, 0.4) is 0 Å². The van der Waals surface area contributed by atoms with Crippen molar-refractivity contribution in [2.24, 2.45) is 7.05 Å². The lowest BCUT2D eigenvalue weighted by atomic mass is 10.4. The minimum Gasteiger partial charge on any atom is -0.342 e. The fourth-order valence-electron chi connectivity index (χ4n) is 0.856. The molecule has 0 bridgehead atoms. The van der Waals surface area contributed by atoms with Gasteiger partial charge < -0.3 is 9.09 Å². The van der Waals surface area contributed by atoms with E-state index in [1.807, 2.05) is 11.6 Å². The maximum atomic E-state index is 4.59. The van der Waals surface area contributed by atoms with E-state index in [2.05, 4.69) is 19.6 Å². The largest absolute Gasteiger partial charge is 0.342 e. The van der Waals surface area contributed by atoms with Gasteiger partial charge in [-0.2, -0.15) is 4.98 Å². The molecule has 0 aliphatic heterocycles. The summed E-state index contributed by atoms with van der Waals surface area (Å²) in [7, 11) is 1.87. The number of nitrogens with zero attached hydrogens (tertiary/aromatic N) is 4. The van der Waals surface area contributed by atoms with Crippen molar-refractivity contribution in [2.45, 2.75) is 0 Å². The number of imidazole rings is 1. The van der Waals surface area contributed by atoms with Gasteiger partial charge in [-0.25, -0.2) is 4.98 Å². The summed E-state index contributed by atoms with van der Waals surface area (Å²) in [4.78, 5) is 7.80. The molecule has 56 valence electrons. The average molecular weight is 150 g/mol. The van der Waals surface area contributed by atoms with Crippen LogP contribution >= 0.6 is 0 Å². The van der Waals surface area contributed by atoms with Crippen LogP contribution in [0.5, 0.6) is 0 Å². The second-order valence-corrected chi connectivity index (χ2v) is 2.14. The summed E-state index contributed by atoms with van der Waals surface area (Å²) < 4.78 is 6.42. The van der Waals surface area contributed by atoms with Gasteiger partial charge in [-0.3, -0.25) is 0 Å². The lowest BCUT2D eigenvalue weighted by Gasteiger charge is -1.92. The first kappa shape index (κ1) is 6.09. The molecule has 0 amide bonds. The van der Waals surface area contributed by atoms with E-state index in [-0.39, 0.29) is 0 Å². The second-order valence-electron chi connectivity index (χ2n) is 2.14. The lowest BCUT2D eigenvalue weighted by molar-refractivity contribution is 0.418. The molecule has 0 atom stereocenters. The molecule has 2 heterocycles. The van der Waals surface area contributed by atoms with Gasteiger partial charge in [0.2, 0.25) is 12.2 Å². The van der Waals surface area contributed by atoms with Crippen molar-refractivity contribution in [3.8, 4) is 11.5 Å². The van der Waals surface area contributed by atoms with Crippen LogP contribution in [0.15, 0.2) is 23.4 Å². The minimum atomic E-state index is 0.560. The Balaban J connectivity index is 2.53. The molecule has 0 spiro atoms. The van der Waals surface area contributed by atoms with E-state index >= 15 is 0 Å². The normalized spacial score (nSPS) is 10.3. The van der Waals surface area contributed by atoms with Crippen molar-refractivity contribution in [2.75, 3.05) is 0 Å². The zero-order chi connectivity index (χ0) is 7.68. The Hall–Kier alpha value is -1.65. The van der Waals surface area contributed by atoms with Gasteiger partial charge in [0.15, 0.2) is 0 Å². The molecule has 0 unspecified atom stereocenters.